The molecule has 1 aliphatic heterocycles. The number of aryl methyl sites for hydroxylation is 1. The molecule has 1 fully saturated rings. The van der Waals surface area contributed by atoms with Crippen LogP contribution in [0.15, 0.2) is 4.52 Å². The van der Waals surface area contributed by atoms with Crippen LogP contribution in [-0.4, -0.2) is 23.7 Å². The van der Waals surface area contributed by atoms with Crippen LogP contribution in [0.2, 0.25) is 0 Å². The van der Waals surface area contributed by atoms with E-state index in [1.54, 1.807) is 0 Å². The lowest BCUT2D eigenvalue weighted by atomic mass is 10.0. The van der Waals surface area contributed by atoms with Crippen LogP contribution >= 0.6 is 0 Å². The van der Waals surface area contributed by atoms with Crippen molar-refractivity contribution in [2.24, 2.45) is 5.92 Å². The second-order valence-electron chi connectivity index (χ2n) is 4.35. The van der Waals surface area contributed by atoms with E-state index in [0.29, 0.717) is 5.88 Å². The molecule has 1 amide bonds. The minimum atomic E-state index is 0.0109. The molecule has 1 aromatic rings. The Kier molecular flexibility index (Phi) is 2.96. The predicted molar refractivity (Wildman–Crippen MR) is 60.2 cm³/mol. The van der Waals surface area contributed by atoms with Crippen LogP contribution in [0.5, 0.6) is 0 Å². The summed E-state index contributed by atoms with van der Waals surface area (Å²) in [6.45, 7) is 6.66. The van der Waals surface area contributed by atoms with Crippen molar-refractivity contribution >= 4 is 11.8 Å². The van der Waals surface area contributed by atoms with Crippen LogP contribution in [0.1, 0.15) is 24.6 Å². The zero-order chi connectivity index (χ0) is 11.7. The summed E-state index contributed by atoms with van der Waals surface area (Å²) in [6.07, 6.45) is 0.874. The molecule has 5 nitrogen and oxygen atoms in total. The Labute approximate surface area is 94.6 Å². The molecule has 2 N–H and O–H groups in total. The first-order chi connectivity index (χ1) is 7.59. The van der Waals surface area contributed by atoms with Crippen molar-refractivity contribution in [2.75, 3.05) is 11.9 Å². The smallest absolute Gasteiger partial charge is 0.234 e. The first-order valence-electron chi connectivity index (χ1n) is 5.56. The van der Waals surface area contributed by atoms with Crippen LogP contribution in [0.3, 0.4) is 0 Å². The molecule has 2 atom stereocenters. The normalized spacial score (nSPS) is 24.7. The number of amides is 1. The number of nitrogens with one attached hydrogen (secondary N) is 2. The number of rotatable bonds is 2. The van der Waals surface area contributed by atoms with E-state index in [2.05, 4.69) is 15.8 Å². The minimum Gasteiger partial charge on any atom is -0.338 e. The van der Waals surface area contributed by atoms with Gasteiger partial charge in [-0.15, -0.1) is 0 Å². The SMILES string of the molecule is Cc1noc(NC(=O)C2CCNC2C)c1C. The Morgan fingerprint density at radius 2 is 2.31 bits per heavy atom. The molecule has 0 aromatic carbocycles. The van der Waals surface area contributed by atoms with Crippen molar-refractivity contribution in [2.45, 2.75) is 33.2 Å². The van der Waals surface area contributed by atoms with E-state index >= 15 is 0 Å². The summed E-state index contributed by atoms with van der Waals surface area (Å²) in [5.41, 5.74) is 1.71. The fourth-order valence-corrected chi connectivity index (χ4v) is 1.95. The third kappa shape index (κ3) is 1.95. The first-order valence-corrected chi connectivity index (χ1v) is 5.56. The highest BCUT2D eigenvalue weighted by atomic mass is 16.5. The molecule has 0 radical (unpaired) electrons. The number of carbonyl (C=O) groups excluding carboxylic acids is 1. The Bertz CT molecular complexity index is 400. The van der Waals surface area contributed by atoms with Gasteiger partial charge in [-0.05, 0) is 33.7 Å². The highest BCUT2D eigenvalue weighted by Gasteiger charge is 2.30. The molecular weight excluding hydrogens is 206 g/mol. The number of carbonyl (C=O) groups is 1. The molecule has 1 saturated heterocycles. The quantitative estimate of drug-likeness (QED) is 0.791. The van der Waals surface area contributed by atoms with Gasteiger partial charge in [0, 0.05) is 11.6 Å². The van der Waals surface area contributed by atoms with Gasteiger partial charge >= 0.3 is 0 Å². The van der Waals surface area contributed by atoms with Crippen molar-refractivity contribution in [1.29, 1.82) is 0 Å². The minimum absolute atomic E-state index is 0.0109. The molecule has 88 valence electrons. The number of hydrogen-bond donors (Lipinski definition) is 2. The van der Waals surface area contributed by atoms with Crippen molar-refractivity contribution in [3.05, 3.63) is 11.3 Å². The zero-order valence-corrected chi connectivity index (χ0v) is 9.83. The average Bonchev–Trinajstić information content (AvgIpc) is 2.79. The maximum absolute atomic E-state index is 11.9. The fourth-order valence-electron chi connectivity index (χ4n) is 1.95. The van der Waals surface area contributed by atoms with Crippen LogP contribution in [-0.2, 0) is 4.79 Å². The van der Waals surface area contributed by atoms with E-state index in [0.717, 1.165) is 24.2 Å². The monoisotopic (exact) mass is 223 g/mol. The van der Waals surface area contributed by atoms with Gasteiger partial charge in [0.05, 0.1) is 11.6 Å². The van der Waals surface area contributed by atoms with Crippen LogP contribution < -0.4 is 10.6 Å². The van der Waals surface area contributed by atoms with Gasteiger partial charge in [0.25, 0.3) is 0 Å². The molecule has 0 bridgehead atoms. The molecule has 0 aliphatic carbocycles. The molecule has 2 unspecified atom stereocenters. The molecule has 0 spiro atoms. The van der Waals surface area contributed by atoms with Crippen molar-refractivity contribution in [3.8, 4) is 0 Å². The zero-order valence-electron chi connectivity index (χ0n) is 9.83. The number of hydrogen-bond acceptors (Lipinski definition) is 4. The molecule has 2 heterocycles. The maximum atomic E-state index is 11.9. The van der Waals surface area contributed by atoms with Gasteiger partial charge in [0.1, 0.15) is 0 Å². The van der Waals surface area contributed by atoms with Crippen molar-refractivity contribution in [3.63, 3.8) is 0 Å². The summed E-state index contributed by atoms with van der Waals surface area (Å²) < 4.78 is 5.06. The standard InChI is InChI=1S/C11H17N3O2/c1-6-7(2)14-16-11(6)13-10(15)9-4-5-12-8(9)3/h8-9,12H,4-5H2,1-3H3,(H,13,15). The number of nitrogens with zero attached hydrogens (tertiary/aromatic N) is 1. The van der Waals surface area contributed by atoms with E-state index < -0.39 is 0 Å². The molecular formula is C11H17N3O2. The van der Waals surface area contributed by atoms with E-state index in [1.807, 2.05) is 20.8 Å². The van der Waals surface area contributed by atoms with Gasteiger partial charge in [-0.1, -0.05) is 5.16 Å². The molecule has 16 heavy (non-hydrogen) atoms. The maximum Gasteiger partial charge on any atom is 0.234 e. The predicted octanol–water partition coefficient (Wildman–Crippen LogP) is 1.23. The van der Waals surface area contributed by atoms with Gasteiger partial charge < -0.3 is 9.84 Å². The van der Waals surface area contributed by atoms with E-state index in [9.17, 15) is 4.79 Å². The van der Waals surface area contributed by atoms with Crippen LogP contribution in [0.4, 0.5) is 5.88 Å². The Hall–Kier alpha value is -1.36. The summed E-state index contributed by atoms with van der Waals surface area (Å²) >= 11 is 0. The lowest BCUT2D eigenvalue weighted by molar-refractivity contribution is -0.120. The molecule has 5 heteroatoms. The summed E-state index contributed by atoms with van der Waals surface area (Å²) in [4.78, 5) is 11.9. The highest BCUT2D eigenvalue weighted by molar-refractivity contribution is 5.92. The molecule has 1 aliphatic rings. The van der Waals surface area contributed by atoms with Gasteiger partial charge in [-0.25, -0.2) is 0 Å². The lowest BCUT2D eigenvalue weighted by Crippen LogP contribution is -2.32. The second-order valence-corrected chi connectivity index (χ2v) is 4.35. The largest absolute Gasteiger partial charge is 0.338 e. The topological polar surface area (TPSA) is 67.2 Å². The van der Waals surface area contributed by atoms with Crippen LogP contribution in [0, 0.1) is 19.8 Å². The lowest BCUT2D eigenvalue weighted by Gasteiger charge is -2.13. The Morgan fingerprint density at radius 3 is 2.81 bits per heavy atom. The molecule has 2 rings (SSSR count). The second kappa shape index (κ2) is 4.25. The van der Waals surface area contributed by atoms with E-state index in [1.165, 1.54) is 0 Å². The third-order valence-corrected chi connectivity index (χ3v) is 3.26. The van der Waals surface area contributed by atoms with Gasteiger partial charge in [-0.2, -0.15) is 0 Å². The first kappa shape index (κ1) is 11.1. The van der Waals surface area contributed by atoms with Gasteiger partial charge in [-0.3, -0.25) is 10.1 Å². The molecule has 1 aromatic heterocycles. The van der Waals surface area contributed by atoms with Crippen molar-refractivity contribution < 1.29 is 9.32 Å². The van der Waals surface area contributed by atoms with E-state index in [4.69, 9.17) is 4.52 Å². The number of aromatic nitrogens is 1. The summed E-state index contributed by atoms with van der Waals surface area (Å²) in [5.74, 6) is 0.503. The number of anilines is 1. The summed E-state index contributed by atoms with van der Waals surface area (Å²) in [5, 5.41) is 9.85. The fraction of sp³-hybridized carbons (Fsp3) is 0.636. The summed E-state index contributed by atoms with van der Waals surface area (Å²) in [6, 6.07) is 0.226. The van der Waals surface area contributed by atoms with Gasteiger partial charge in [0.15, 0.2) is 0 Å². The van der Waals surface area contributed by atoms with Crippen molar-refractivity contribution in [1.82, 2.24) is 10.5 Å². The molecule has 0 saturated carbocycles. The van der Waals surface area contributed by atoms with E-state index in [-0.39, 0.29) is 17.9 Å². The highest BCUT2D eigenvalue weighted by Crippen LogP contribution is 2.21. The average molecular weight is 223 g/mol. The summed E-state index contributed by atoms with van der Waals surface area (Å²) in [7, 11) is 0. The van der Waals surface area contributed by atoms with Crippen LogP contribution in [0.25, 0.3) is 0 Å². The Balaban J connectivity index is 2.05. The van der Waals surface area contributed by atoms with Gasteiger partial charge in [0.2, 0.25) is 11.8 Å². The third-order valence-electron chi connectivity index (χ3n) is 3.26. The Morgan fingerprint density at radius 1 is 1.56 bits per heavy atom.